The minimum Gasteiger partial charge on any atom is -0.480 e. The van der Waals surface area contributed by atoms with Crippen LogP contribution in [0.15, 0.2) is 72.8 Å². The van der Waals surface area contributed by atoms with Crippen molar-refractivity contribution in [2.45, 2.75) is 26.7 Å². The van der Waals surface area contributed by atoms with Gasteiger partial charge in [0.25, 0.3) is 0 Å². The topological polar surface area (TPSA) is 86.7 Å². The zero-order valence-electron chi connectivity index (χ0n) is 20.6. The highest BCUT2D eigenvalue weighted by Gasteiger charge is 2.31. The number of carboxylic acids is 1. The van der Waals surface area contributed by atoms with Crippen molar-refractivity contribution in [3.63, 3.8) is 0 Å². The third-order valence-corrected chi connectivity index (χ3v) is 5.89. The molecule has 196 valence electrons. The molecular formula is C28H29Cl2FN2O4. The number of benzene rings is 3. The molecule has 0 aliphatic carbocycles. The average molecular weight is 547 g/mol. The van der Waals surface area contributed by atoms with E-state index in [-0.39, 0.29) is 37.1 Å². The summed E-state index contributed by atoms with van der Waals surface area (Å²) in [4.78, 5) is 36.0. The van der Waals surface area contributed by atoms with Crippen LogP contribution in [0, 0.1) is 25.6 Å². The molecule has 4 rings (SSSR count). The molecule has 9 heteroatoms. The van der Waals surface area contributed by atoms with E-state index in [0.29, 0.717) is 17.1 Å². The summed E-state index contributed by atoms with van der Waals surface area (Å²) in [6.07, 6.45) is 0.598. The number of nitrogens with zero attached hydrogens (tertiary/aromatic N) is 1. The van der Waals surface area contributed by atoms with Crippen LogP contribution < -0.4 is 5.32 Å². The number of halogens is 3. The number of carboxylic acid groups (broad SMARTS) is 1. The minimum atomic E-state index is -1.08. The second-order valence-corrected chi connectivity index (χ2v) is 9.32. The Bertz CT molecular complexity index is 1170. The predicted octanol–water partition coefficient (Wildman–Crippen LogP) is 6.38. The van der Waals surface area contributed by atoms with Crippen molar-refractivity contribution in [3.05, 3.63) is 99.8 Å². The first-order valence-electron chi connectivity index (χ1n) is 11.5. The van der Waals surface area contributed by atoms with E-state index in [4.69, 9.17) is 28.3 Å². The molecule has 0 spiro atoms. The van der Waals surface area contributed by atoms with Gasteiger partial charge < -0.3 is 15.3 Å². The Kier molecular flexibility index (Phi) is 12.1. The molecule has 0 saturated carbocycles. The molecule has 0 radical (unpaired) electrons. The fraction of sp³-hybridized carbons (Fsp3) is 0.250. The van der Waals surface area contributed by atoms with Crippen molar-refractivity contribution in [2.24, 2.45) is 5.92 Å². The highest BCUT2D eigenvalue weighted by Crippen LogP contribution is 2.23. The number of piperidine rings is 1. The molecule has 1 aliphatic rings. The first-order chi connectivity index (χ1) is 17.5. The number of rotatable bonds is 4. The van der Waals surface area contributed by atoms with Crippen LogP contribution in [-0.2, 0) is 14.4 Å². The normalized spacial score (nSPS) is 14.5. The number of likely N-dealkylation sites (tertiary alicyclic amines) is 1. The summed E-state index contributed by atoms with van der Waals surface area (Å²) in [6.45, 7) is 3.53. The Morgan fingerprint density at radius 1 is 1.00 bits per heavy atom. The molecule has 0 unspecified atom stereocenters. The van der Waals surface area contributed by atoms with Crippen LogP contribution in [0.3, 0.4) is 0 Å². The van der Waals surface area contributed by atoms with Gasteiger partial charge in [0, 0.05) is 28.7 Å². The Labute approximate surface area is 226 Å². The van der Waals surface area contributed by atoms with Crippen LogP contribution in [-0.4, -0.2) is 40.9 Å². The number of carbonyl (C=O) groups excluding carboxylic acids is 2. The lowest BCUT2D eigenvalue weighted by atomic mass is 9.96. The molecule has 3 aromatic rings. The molecule has 6 nitrogen and oxygen atoms in total. The highest BCUT2D eigenvalue weighted by molar-refractivity contribution is 6.31. The van der Waals surface area contributed by atoms with Crippen LogP contribution >= 0.6 is 23.2 Å². The largest absolute Gasteiger partial charge is 0.480 e. The molecule has 1 atom stereocenters. The highest BCUT2D eigenvalue weighted by atomic mass is 35.5. The molecule has 1 fully saturated rings. The molecule has 37 heavy (non-hydrogen) atoms. The number of nitrogens with one attached hydrogen (secondary N) is 1. The van der Waals surface area contributed by atoms with Gasteiger partial charge >= 0.3 is 5.97 Å². The number of aryl methyl sites for hydroxylation is 2. The number of anilines is 1. The summed E-state index contributed by atoms with van der Waals surface area (Å²) in [5, 5.41) is 12.9. The fourth-order valence-corrected chi connectivity index (χ4v) is 3.67. The number of amides is 2. The first kappa shape index (κ1) is 29.8. The van der Waals surface area contributed by atoms with Gasteiger partial charge in [-0.1, -0.05) is 65.2 Å². The van der Waals surface area contributed by atoms with Crippen LogP contribution in [0.1, 0.15) is 24.0 Å². The van der Waals surface area contributed by atoms with E-state index < -0.39 is 11.9 Å². The number of hydrogen-bond donors (Lipinski definition) is 2. The maximum Gasteiger partial charge on any atom is 0.323 e. The second-order valence-electron chi connectivity index (χ2n) is 8.44. The smallest absolute Gasteiger partial charge is 0.323 e. The van der Waals surface area contributed by atoms with Gasteiger partial charge in [-0.05, 0) is 62.2 Å². The van der Waals surface area contributed by atoms with Gasteiger partial charge in [0.05, 0.1) is 5.92 Å². The van der Waals surface area contributed by atoms with E-state index in [1.807, 2.05) is 44.2 Å². The number of aliphatic carboxylic acids is 1. The quantitative estimate of drug-likeness (QED) is 0.397. The lowest BCUT2D eigenvalue weighted by Gasteiger charge is -2.30. The van der Waals surface area contributed by atoms with Gasteiger partial charge in [0.2, 0.25) is 11.8 Å². The molecule has 2 amide bonds. The fourth-order valence-electron chi connectivity index (χ4n) is 3.36. The molecule has 0 bridgehead atoms. The zero-order chi connectivity index (χ0) is 27.4. The Hall–Kier alpha value is -3.42. The zero-order valence-corrected chi connectivity index (χ0v) is 22.1. The van der Waals surface area contributed by atoms with Crippen molar-refractivity contribution >= 4 is 46.7 Å². The van der Waals surface area contributed by atoms with Crippen molar-refractivity contribution < 1.29 is 23.9 Å². The summed E-state index contributed by atoms with van der Waals surface area (Å²) in [5.74, 6) is -2.13. The van der Waals surface area contributed by atoms with Crippen LogP contribution in [0.25, 0.3) is 0 Å². The molecule has 1 saturated heterocycles. The van der Waals surface area contributed by atoms with E-state index in [0.717, 1.165) is 16.1 Å². The average Bonchev–Trinajstić information content (AvgIpc) is 2.85. The number of hydrogen-bond acceptors (Lipinski definition) is 3. The van der Waals surface area contributed by atoms with Gasteiger partial charge in [-0.2, -0.15) is 0 Å². The molecule has 0 aromatic heterocycles. The summed E-state index contributed by atoms with van der Waals surface area (Å²) in [5.41, 5.74) is 2.60. The van der Waals surface area contributed by atoms with E-state index in [1.54, 1.807) is 30.3 Å². The molecule has 2 N–H and O–H groups in total. The SMILES string of the molecule is Cc1ccc(Cl)cc1NC(=O)[C@@H]1CCC(=O)N(CC(=O)O)C1.Cc1ccc(F)cc1.Clc1ccccc1. The Balaban J connectivity index is 0.000000259. The lowest BCUT2D eigenvalue weighted by molar-refractivity contribution is -0.147. The van der Waals surface area contributed by atoms with Gasteiger partial charge in [-0.3, -0.25) is 14.4 Å². The molecule has 1 aliphatic heterocycles. The van der Waals surface area contributed by atoms with Crippen LogP contribution in [0.4, 0.5) is 10.1 Å². The maximum absolute atomic E-state index is 12.3. The van der Waals surface area contributed by atoms with E-state index in [1.165, 1.54) is 17.0 Å². The number of carbonyl (C=O) groups is 3. The van der Waals surface area contributed by atoms with Crippen molar-refractivity contribution in [1.29, 1.82) is 0 Å². The molecule has 3 aromatic carbocycles. The Morgan fingerprint density at radius 3 is 2.19 bits per heavy atom. The van der Waals surface area contributed by atoms with Gasteiger partial charge in [-0.25, -0.2) is 4.39 Å². The second kappa shape index (κ2) is 15.0. The monoisotopic (exact) mass is 546 g/mol. The van der Waals surface area contributed by atoms with Gasteiger partial charge in [0.1, 0.15) is 12.4 Å². The van der Waals surface area contributed by atoms with E-state index in [9.17, 15) is 18.8 Å². The maximum atomic E-state index is 12.3. The van der Waals surface area contributed by atoms with Crippen LogP contribution in [0.5, 0.6) is 0 Å². The predicted molar refractivity (Wildman–Crippen MR) is 144 cm³/mol. The summed E-state index contributed by atoms with van der Waals surface area (Å²) in [6, 6.07) is 21.0. The van der Waals surface area contributed by atoms with Gasteiger partial charge in [-0.15, -0.1) is 0 Å². The van der Waals surface area contributed by atoms with E-state index in [2.05, 4.69) is 5.32 Å². The van der Waals surface area contributed by atoms with Gasteiger partial charge in [0.15, 0.2) is 0 Å². The molecular weight excluding hydrogens is 518 g/mol. The van der Waals surface area contributed by atoms with Crippen LogP contribution in [0.2, 0.25) is 10.0 Å². The third-order valence-electron chi connectivity index (χ3n) is 5.40. The van der Waals surface area contributed by atoms with Crippen molar-refractivity contribution in [1.82, 2.24) is 4.90 Å². The van der Waals surface area contributed by atoms with Crippen molar-refractivity contribution in [2.75, 3.05) is 18.4 Å². The standard InChI is InChI=1S/C15H17ClN2O4.C7H7F.C6H5Cl/c1-9-2-4-11(16)6-12(9)17-15(22)10-3-5-13(19)18(7-10)8-14(20)21;1-6-2-4-7(8)5-3-6;7-6-4-2-1-3-5-6/h2,4,6,10H,3,5,7-8H2,1H3,(H,17,22)(H,20,21);2-5H,1H3;1-5H/t10-;;/m1../s1. The van der Waals surface area contributed by atoms with Crippen molar-refractivity contribution in [3.8, 4) is 0 Å². The Morgan fingerprint density at radius 2 is 1.65 bits per heavy atom. The summed E-state index contributed by atoms with van der Waals surface area (Å²) in [7, 11) is 0. The third kappa shape index (κ3) is 11.0. The first-order valence-corrected chi connectivity index (χ1v) is 12.3. The summed E-state index contributed by atoms with van der Waals surface area (Å²) < 4.78 is 12.1. The minimum absolute atomic E-state index is 0.122. The lowest BCUT2D eigenvalue weighted by Crippen LogP contribution is -2.46. The van der Waals surface area contributed by atoms with E-state index >= 15 is 0 Å². The molecule has 1 heterocycles. The summed E-state index contributed by atoms with van der Waals surface area (Å²) >= 11 is 11.5.